The molecule has 1 aliphatic rings. The van der Waals surface area contributed by atoms with Crippen LogP contribution in [0.1, 0.15) is 43.4 Å². The molecule has 1 fully saturated rings. The zero-order valence-corrected chi connectivity index (χ0v) is 14.9. The van der Waals surface area contributed by atoms with Gasteiger partial charge in [-0.3, -0.25) is 9.88 Å². The van der Waals surface area contributed by atoms with E-state index in [-0.39, 0.29) is 12.6 Å². The number of rotatable bonds is 6. The Hall–Kier alpha value is -1.75. The molecule has 3 rings (SSSR count). The zero-order valence-electron chi connectivity index (χ0n) is 14.9. The van der Waals surface area contributed by atoms with Crippen LogP contribution < -0.4 is 0 Å². The average molecular weight is 340 g/mol. The Morgan fingerprint density at radius 2 is 2.20 bits per heavy atom. The molecule has 0 bridgehead atoms. The van der Waals surface area contributed by atoms with E-state index in [9.17, 15) is 10.2 Å². The third-order valence-corrected chi connectivity index (χ3v) is 5.32. The standard InChI is InChI=1S/C21H28N2O2/c1-3-11-23-13-15(4-2)6-8-20(23)21(25)17-9-10-22-19-7-5-16(14-24)12-18(17)19/h4-5,7,9-10,12,15,20-21,24-25H,2-3,6,8,11,13-14H2,1H3/t15-,20-,21+/m1/s1. The smallest absolute Gasteiger partial charge is 0.0952 e. The third-order valence-electron chi connectivity index (χ3n) is 5.32. The van der Waals surface area contributed by atoms with Gasteiger partial charge in [0.05, 0.1) is 18.2 Å². The number of fused-ring (bicyclic) bond motifs is 1. The minimum absolute atomic E-state index is 0.00717. The molecule has 1 aromatic carbocycles. The number of nitrogens with zero attached hydrogens (tertiary/aromatic N) is 2. The quantitative estimate of drug-likeness (QED) is 0.791. The Morgan fingerprint density at radius 3 is 2.92 bits per heavy atom. The molecule has 4 nitrogen and oxygen atoms in total. The summed E-state index contributed by atoms with van der Waals surface area (Å²) in [4.78, 5) is 6.81. The summed E-state index contributed by atoms with van der Waals surface area (Å²) in [6.07, 6.45) is 6.34. The predicted molar refractivity (Wildman–Crippen MR) is 101 cm³/mol. The highest BCUT2D eigenvalue weighted by atomic mass is 16.3. The number of aromatic nitrogens is 1. The maximum atomic E-state index is 11.2. The summed E-state index contributed by atoms with van der Waals surface area (Å²) in [7, 11) is 0. The molecule has 0 unspecified atom stereocenters. The Labute approximate surface area is 149 Å². The Kier molecular flexibility index (Phi) is 5.84. The van der Waals surface area contributed by atoms with Crippen molar-refractivity contribution in [3.63, 3.8) is 0 Å². The lowest BCUT2D eigenvalue weighted by atomic mass is 9.86. The van der Waals surface area contributed by atoms with E-state index in [2.05, 4.69) is 23.4 Å². The van der Waals surface area contributed by atoms with E-state index in [1.165, 1.54) is 0 Å². The minimum Gasteiger partial charge on any atom is -0.392 e. The van der Waals surface area contributed by atoms with E-state index in [4.69, 9.17) is 0 Å². The van der Waals surface area contributed by atoms with Crippen LogP contribution in [0.25, 0.3) is 10.9 Å². The van der Waals surface area contributed by atoms with Gasteiger partial charge in [-0.1, -0.05) is 19.1 Å². The predicted octanol–water partition coefficient (Wildman–Crippen LogP) is 3.44. The van der Waals surface area contributed by atoms with Crippen molar-refractivity contribution in [3.05, 3.63) is 54.2 Å². The van der Waals surface area contributed by atoms with Gasteiger partial charge in [-0.05, 0) is 61.1 Å². The summed E-state index contributed by atoms with van der Waals surface area (Å²) in [6, 6.07) is 7.76. The molecular formula is C21H28N2O2. The summed E-state index contributed by atoms with van der Waals surface area (Å²) in [5.74, 6) is 0.505. The number of pyridine rings is 1. The summed E-state index contributed by atoms with van der Waals surface area (Å²) in [5, 5.41) is 21.6. The van der Waals surface area contributed by atoms with E-state index < -0.39 is 6.10 Å². The summed E-state index contributed by atoms with van der Waals surface area (Å²) < 4.78 is 0. The Balaban J connectivity index is 1.94. The Bertz CT molecular complexity index is 731. The number of aliphatic hydroxyl groups excluding tert-OH is 2. The molecule has 0 saturated carbocycles. The van der Waals surface area contributed by atoms with Crippen molar-refractivity contribution >= 4 is 10.9 Å². The van der Waals surface area contributed by atoms with Crippen LogP contribution in [0.2, 0.25) is 0 Å². The molecule has 2 heterocycles. The summed E-state index contributed by atoms with van der Waals surface area (Å²) in [6.45, 7) is 8.06. The molecule has 4 heteroatoms. The van der Waals surface area contributed by atoms with Crippen molar-refractivity contribution in [1.29, 1.82) is 0 Å². The first-order chi connectivity index (χ1) is 12.2. The van der Waals surface area contributed by atoms with Gasteiger partial charge in [0.25, 0.3) is 0 Å². The third kappa shape index (κ3) is 3.76. The molecule has 0 amide bonds. The van der Waals surface area contributed by atoms with E-state index in [1.54, 1.807) is 6.20 Å². The first-order valence-corrected chi connectivity index (χ1v) is 9.21. The second-order valence-corrected chi connectivity index (χ2v) is 6.99. The van der Waals surface area contributed by atoms with Gasteiger partial charge in [0.15, 0.2) is 0 Å². The SMILES string of the molecule is C=C[C@@H]1CC[C@H]([C@@H](O)c2ccnc3ccc(CO)cc23)N(CCC)C1. The van der Waals surface area contributed by atoms with Crippen LogP contribution >= 0.6 is 0 Å². The first-order valence-electron chi connectivity index (χ1n) is 9.21. The van der Waals surface area contributed by atoms with Crippen LogP contribution in [0.15, 0.2) is 43.1 Å². The van der Waals surface area contributed by atoms with Gasteiger partial charge in [-0.2, -0.15) is 0 Å². The molecule has 0 spiro atoms. The topological polar surface area (TPSA) is 56.6 Å². The highest BCUT2D eigenvalue weighted by Crippen LogP contribution is 2.34. The van der Waals surface area contributed by atoms with Crippen LogP contribution in [-0.4, -0.2) is 39.2 Å². The molecule has 1 aromatic heterocycles. The minimum atomic E-state index is -0.559. The van der Waals surface area contributed by atoms with Crippen LogP contribution in [0.3, 0.4) is 0 Å². The molecule has 2 N–H and O–H groups in total. The zero-order chi connectivity index (χ0) is 17.8. The van der Waals surface area contributed by atoms with Crippen molar-refractivity contribution in [2.45, 2.75) is 44.9 Å². The van der Waals surface area contributed by atoms with Crippen LogP contribution in [0.5, 0.6) is 0 Å². The highest BCUT2D eigenvalue weighted by molar-refractivity contribution is 5.83. The lowest BCUT2D eigenvalue weighted by molar-refractivity contribution is 0.0153. The van der Waals surface area contributed by atoms with E-state index >= 15 is 0 Å². The highest BCUT2D eigenvalue weighted by Gasteiger charge is 2.32. The lowest BCUT2D eigenvalue weighted by Gasteiger charge is -2.41. The number of hydrogen-bond acceptors (Lipinski definition) is 4. The number of aliphatic hydroxyl groups is 2. The van der Waals surface area contributed by atoms with Gasteiger partial charge in [0, 0.05) is 24.2 Å². The fourth-order valence-corrected chi connectivity index (χ4v) is 3.97. The normalized spacial score (nSPS) is 22.8. The van der Waals surface area contributed by atoms with Crippen molar-refractivity contribution < 1.29 is 10.2 Å². The molecule has 134 valence electrons. The van der Waals surface area contributed by atoms with Gasteiger partial charge in [-0.15, -0.1) is 6.58 Å². The summed E-state index contributed by atoms with van der Waals surface area (Å²) >= 11 is 0. The molecule has 25 heavy (non-hydrogen) atoms. The molecule has 0 aliphatic carbocycles. The number of piperidine rings is 1. The van der Waals surface area contributed by atoms with Gasteiger partial charge in [0.1, 0.15) is 0 Å². The maximum Gasteiger partial charge on any atom is 0.0952 e. The number of benzene rings is 1. The lowest BCUT2D eigenvalue weighted by Crippen LogP contribution is -2.46. The van der Waals surface area contributed by atoms with Gasteiger partial charge < -0.3 is 10.2 Å². The molecule has 2 aromatic rings. The van der Waals surface area contributed by atoms with Crippen molar-refractivity contribution in [2.75, 3.05) is 13.1 Å². The van der Waals surface area contributed by atoms with E-state index in [1.807, 2.05) is 30.3 Å². The van der Waals surface area contributed by atoms with Gasteiger partial charge in [0.2, 0.25) is 0 Å². The molecule has 0 radical (unpaired) electrons. The van der Waals surface area contributed by atoms with E-state index in [0.29, 0.717) is 5.92 Å². The van der Waals surface area contributed by atoms with Gasteiger partial charge >= 0.3 is 0 Å². The molecule has 1 saturated heterocycles. The van der Waals surface area contributed by atoms with Gasteiger partial charge in [-0.25, -0.2) is 0 Å². The second kappa shape index (κ2) is 8.09. The fraction of sp³-hybridized carbons (Fsp3) is 0.476. The molecule has 3 atom stereocenters. The molecular weight excluding hydrogens is 312 g/mol. The van der Waals surface area contributed by atoms with Crippen LogP contribution in [-0.2, 0) is 6.61 Å². The number of hydrogen-bond donors (Lipinski definition) is 2. The Morgan fingerprint density at radius 1 is 1.36 bits per heavy atom. The van der Waals surface area contributed by atoms with E-state index in [0.717, 1.165) is 54.4 Å². The fourth-order valence-electron chi connectivity index (χ4n) is 3.97. The van der Waals surface area contributed by atoms with Crippen molar-refractivity contribution in [3.8, 4) is 0 Å². The average Bonchev–Trinajstić information content (AvgIpc) is 2.66. The van der Waals surface area contributed by atoms with Crippen LogP contribution in [0, 0.1) is 5.92 Å². The number of likely N-dealkylation sites (tertiary alicyclic amines) is 1. The largest absolute Gasteiger partial charge is 0.392 e. The second-order valence-electron chi connectivity index (χ2n) is 6.99. The van der Waals surface area contributed by atoms with Crippen molar-refractivity contribution in [2.24, 2.45) is 5.92 Å². The van der Waals surface area contributed by atoms with Crippen LogP contribution in [0.4, 0.5) is 0 Å². The molecule has 1 aliphatic heterocycles. The summed E-state index contributed by atoms with van der Waals surface area (Å²) in [5.41, 5.74) is 2.61. The monoisotopic (exact) mass is 340 g/mol. The van der Waals surface area contributed by atoms with Crippen molar-refractivity contribution in [1.82, 2.24) is 9.88 Å². The maximum absolute atomic E-state index is 11.2. The first kappa shape index (κ1) is 18.1.